The van der Waals surface area contributed by atoms with Gasteiger partial charge in [0.2, 0.25) is 5.91 Å². The van der Waals surface area contributed by atoms with Gasteiger partial charge in [-0.25, -0.2) is 0 Å². The smallest absolute Gasteiger partial charge is 0.242 e. The van der Waals surface area contributed by atoms with Crippen molar-refractivity contribution in [3.63, 3.8) is 0 Å². The van der Waals surface area contributed by atoms with Crippen molar-refractivity contribution in [2.24, 2.45) is 0 Å². The van der Waals surface area contributed by atoms with Gasteiger partial charge in [-0.15, -0.1) is 0 Å². The molecule has 1 amide bonds. The van der Waals surface area contributed by atoms with E-state index in [0.29, 0.717) is 23.9 Å². The number of halogens is 1. The Morgan fingerprint density at radius 2 is 2.25 bits per heavy atom. The molecular weight excluding hydrogens is 410 g/mol. The molecule has 0 bridgehead atoms. The van der Waals surface area contributed by atoms with E-state index in [9.17, 15) is 4.79 Å². The Bertz CT molecular complexity index is 748. The van der Waals surface area contributed by atoms with Crippen LogP contribution in [0, 0.1) is 0 Å². The van der Waals surface area contributed by atoms with Gasteiger partial charge in [-0.1, -0.05) is 39.9 Å². The lowest BCUT2D eigenvalue weighted by Gasteiger charge is -2.15. The standard InChI is InChI=1S/C17H16BrNO3S2/c1-2-21-14-6-5-12(18)8-11(14)9-15-16(20)19(17(23)24-15)10-13-4-3-7-22-13/h3-8,15H,2,9-10H2,1H3/t15-/m0/s1. The van der Waals surface area contributed by atoms with Crippen LogP contribution in [0.15, 0.2) is 45.5 Å². The van der Waals surface area contributed by atoms with Crippen LogP contribution in [-0.2, 0) is 17.8 Å². The molecule has 0 unspecified atom stereocenters. The molecule has 3 rings (SSSR count). The molecule has 7 heteroatoms. The molecule has 1 atom stereocenters. The second-order valence-corrected chi connectivity index (χ2v) is 8.02. The average Bonchev–Trinajstić information content (AvgIpc) is 3.15. The maximum atomic E-state index is 12.7. The highest BCUT2D eigenvalue weighted by Crippen LogP contribution is 2.34. The number of thioether (sulfide) groups is 1. The average molecular weight is 426 g/mol. The number of rotatable bonds is 6. The van der Waals surface area contributed by atoms with E-state index >= 15 is 0 Å². The van der Waals surface area contributed by atoms with Crippen molar-refractivity contribution in [1.29, 1.82) is 0 Å². The fourth-order valence-corrected chi connectivity index (χ4v) is 4.46. The van der Waals surface area contributed by atoms with Crippen LogP contribution in [0.1, 0.15) is 18.2 Å². The third-order valence-electron chi connectivity index (χ3n) is 3.63. The SMILES string of the molecule is CCOc1ccc(Br)cc1C[C@@H]1SC(=S)N(Cc2ccco2)C1=O. The van der Waals surface area contributed by atoms with E-state index in [0.717, 1.165) is 21.5 Å². The van der Waals surface area contributed by atoms with Gasteiger partial charge in [0.15, 0.2) is 0 Å². The van der Waals surface area contributed by atoms with Gasteiger partial charge in [0.05, 0.1) is 24.7 Å². The molecule has 24 heavy (non-hydrogen) atoms. The van der Waals surface area contributed by atoms with Gasteiger partial charge in [0.25, 0.3) is 0 Å². The van der Waals surface area contributed by atoms with E-state index in [1.807, 2.05) is 31.2 Å². The Morgan fingerprint density at radius 1 is 1.42 bits per heavy atom. The molecule has 126 valence electrons. The number of hydrogen-bond donors (Lipinski definition) is 0. The first kappa shape index (κ1) is 17.5. The second kappa shape index (κ2) is 7.72. The molecular formula is C17H16BrNO3S2. The van der Waals surface area contributed by atoms with Gasteiger partial charge >= 0.3 is 0 Å². The summed E-state index contributed by atoms with van der Waals surface area (Å²) in [5.74, 6) is 1.55. The van der Waals surface area contributed by atoms with Crippen LogP contribution in [-0.4, -0.2) is 27.0 Å². The topological polar surface area (TPSA) is 42.7 Å². The molecule has 0 aliphatic carbocycles. The van der Waals surface area contributed by atoms with Crippen molar-refractivity contribution in [3.05, 3.63) is 52.4 Å². The van der Waals surface area contributed by atoms with Crippen LogP contribution in [0.5, 0.6) is 5.75 Å². The number of furan rings is 1. The summed E-state index contributed by atoms with van der Waals surface area (Å²) in [6, 6.07) is 9.50. The Morgan fingerprint density at radius 3 is 2.96 bits per heavy atom. The van der Waals surface area contributed by atoms with Crippen LogP contribution in [0.2, 0.25) is 0 Å². The van der Waals surface area contributed by atoms with E-state index in [1.165, 1.54) is 11.8 Å². The van der Waals surface area contributed by atoms with Gasteiger partial charge in [-0.05, 0) is 49.2 Å². The number of nitrogens with zero attached hydrogens (tertiary/aromatic N) is 1. The highest BCUT2D eigenvalue weighted by molar-refractivity contribution is 9.10. The fraction of sp³-hybridized carbons (Fsp3) is 0.294. The van der Waals surface area contributed by atoms with E-state index < -0.39 is 0 Å². The minimum Gasteiger partial charge on any atom is -0.494 e. The maximum absolute atomic E-state index is 12.7. The van der Waals surface area contributed by atoms with Crippen molar-refractivity contribution in [3.8, 4) is 5.75 Å². The Balaban J connectivity index is 1.75. The van der Waals surface area contributed by atoms with Gasteiger partial charge in [0.1, 0.15) is 15.8 Å². The lowest BCUT2D eigenvalue weighted by atomic mass is 10.1. The van der Waals surface area contributed by atoms with Gasteiger partial charge in [0, 0.05) is 4.47 Å². The Labute approximate surface area is 158 Å². The molecule has 0 N–H and O–H groups in total. The highest BCUT2D eigenvalue weighted by Gasteiger charge is 2.37. The number of ether oxygens (including phenoxy) is 1. The third kappa shape index (κ3) is 3.84. The predicted octanol–water partition coefficient (Wildman–Crippen LogP) is 4.41. The number of hydrogen-bond acceptors (Lipinski definition) is 5. The number of amides is 1. The molecule has 1 aromatic heterocycles. The lowest BCUT2D eigenvalue weighted by molar-refractivity contribution is -0.126. The van der Waals surface area contributed by atoms with Crippen LogP contribution < -0.4 is 4.74 Å². The molecule has 0 spiro atoms. The summed E-state index contributed by atoms with van der Waals surface area (Å²) in [6.07, 6.45) is 2.17. The minimum atomic E-state index is -0.235. The monoisotopic (exact) mass is 425 g/mol. The summed E-state index contributed by atoms with van der Waals surface area (Å²) in [6.45, 7) is 2.91. The van der Waals surface area contributed by atoms with Crippen LogP contribution in [0.25, 0.3) is 0 Å². The molecule has 1 aliphatic heterocycles. The molecule has 2 aromatic rings. The Kier molecular flexibility index (Phi) is 5.63. The zero-order valence-corrected chi connectivity index (χ0v) is 16.2. The second-order valence-electron chi connectivity index (χ2n) is 5.27. The molecule has 4 nitrogen and oxygen atoms in total. The summed E-state index contributed by atoms with van der Waals surface area (Å²) >= 11 is 10.3. The zero-order chi connectivity index (χ0) is 17.1. The van der Waals surface area contributed by atoms with Crippen molar-refractivity contribution >= 4 is 50.1 Å². The Hall–Kier alpha value is -1.31. The molecule has 1 aliphatic rings. The van der Waals surface area contributed by atoms with E-state index in [1.54, 1.807) is 17.2 Å². The van der Waals surface area contributed by atoms with Crippen molar-refractivity contribution < 1.29 is 13.9 Å². The van der Waals surface area contributed by atoms with Crippen LogP contribution in [0.4, 0.5) is 0 Å². The summed E-state index contributed by atoms with van der Waals surface area (Å²) in [4.78, 5) is 14.3. The molecule has 0 saturated carbocycles. The zero-order valence-electron chi connectivity index (χ0n) is 13.0. The lowest BCUT2D eigenvalue weighted by Crippen LogP contribution is -2.31. The normalized spacial score (nSPS) is 17.6. The number of benzene rings is 1. The van der Waals surface area contributed by atoms with E-state index in [-0.39, 0.29) is 11.2 Å². The number of carbonyl (C=O) groups excluding carboxylic acids is 1. The molecule has 1 fully saturated rings. The summed E-state index contributed by atoms with van der Waals surface area (Å²) in [7, 11) is 0. The van der Waals surface area contributed by atoms with Gasteiger partial charge in [-0.2, -0.15) is 0 Å². The maximum Gasteiger partial charge on any atom is 0.242 e. The largest absolute Gasteiger partial charge is 0.494 e. The first-order chi connectivity index (χ1) is 11.6. The highest BCUT2D eigenvalue weighted by atomic mass is 79.9. The van der Waals surface area contributed by atoms with Crippen LogP contribution in [0.3, 0.4) is 0 Å². The summed E-state index contributed by atoms with van der Waals surface area (Å²) in [5.41, 5.74) is 1.000. The van der Waals surface area contributed by atoms with Gasteiger partial charge < -0.3 is 9.15 Å². The molecule has 0 radical (unpaired) electrons. The predicted molar refractivity (Wildman–Crippen MR) is 102 cm³/mol. The summed E-state index contributed by atoms with van der Waals surface area (Å²) in [5, 5.41) is -0.235. The molecule has 2 heterocycles. The quantitative estimate of drug-likeness (QED) is 0.641. The van der Waals surface area contributed by atoms with Crippen molar-refractivity contribution in [2.75, 3.05) is 6.61 Å². The first-order valence-electron chi connectivity index (χ1n) is 7.54. The van der Waals surface area contributed by atoms with E-state index in [4.69, 9.17) is 21.4 Å². The van der Waals surface area contributed by atoms with Crippen LogP contribution >= 0.6 is 39.9 Å². The summed E-state index contributed by atoms with van der Waals surface area (Å²) < 4.78 is 12.6. The number of carbonyl (C=O) groups is 1. The third-order valence-corrected chi connectivity index (χ3v) is 5.70. The van der Waals surface area contributed by atoms with Crippen molar-refractivity contribution in [1.82, 2.24) is 4.90 Å². The van der Waals surface area contributed by atoms with Gasteiger partial charge in [-0.3, -0.25) is 9.69 Å². The molecule has 1 aromatic carbocycles. The fourth-order valence-electron chi connectivity index (χ4n) is 2.53. The van der Waals surface area contributed by atoms with Crippen molar-refractivity contribution in [2.45, 2.75) is 25.1 Å². The number of thiocarbonyl (C=S) groups is 1. The minimum absolute atomic E-state index is 0.0174. The first-order valence-corrected chi connectivity index (χ1v) is 9.62. The van der Waals surface area contributed by atoms with E-state index in [2.05, 4.69) is 15.9 Å². The molecule has 1 saturated heterocycles.